The van der Waals surface area contributed by atoms with Crippen LogP contribution in [0.4, 0.5) is 4.39 Å². The van der Waals surface area contributed by atoms with Crippen molar-refractivity contribution >= 4 is 5.78 Å². The third-order valence-corrected chi connectivity index (χ3v) is 3.30. The standard InChI is InChI=1S/C14H13FN2O/c1-9-5-13-12(14(18)6-9)8-16-17(13)11-4-2-3-10(15)7-11/h2-4,7-9H,5-6H2,1H3. The first-order valence-electron chi connectivity index (χ1n) is 6.01. The molecule has 0 bridgehead atoms. The summed E-state index contributed by atoms with van der Waals surface area (Å²) in [4.78, 5) is 11.9. The third kappa shape index (κ3) is 1.74. The molecular weight excluding hydrogens is 231 g/mol. The van der Waals surface area contributed by atoms with Crippen LogP contribution < -0.4 is 0 Å². The first-order chi connectivity index (χ1) is 8.65. The predicted octanol–water partition coefficient (Wildman–Crippen LogP) is 2.78. The highest BCUT2D eigenvalue weighted by atomic mass is 19.1. The van der Waals surface area contributed by atoms with Gasteiger partial charge in [-0.1, -0.05) is 13.0 Å². The zero-order valence-corrected chi connectivity index (χ0v) is 10.1. The van der Waals surface area contributed by atoms with Gasteiger partial charge in [-0.05, 0) is 30.5 Å². The number of Topliss-reactive ketones (excluding diaryl/α,β-unsaturated/α-hetero) is 1. The van der Waals surface area contributed by atoms with E-state index in [1.807, 2.05) is 6.92 Å². The fourth-order valence-electron chi connectivity index (χ4n) is 2.46. The van der Waals surface area contributed by atoms with Crippen LogP contribution in [-0.2, 0) is 6.42 Å². The van der Waals surface area contributed by atoms with Gasteiger partial charge in [0.25, 0.3) is 0 Å². The molecule has 1 aliphatic rings. The Bertz CT molecular complexity index is 618. The van der Waals surface area contributed by atoms with Crippen molar-refractivity contribution in [1.29, 1.82) is 0 Å². The normalized spacial score (nSPS) is 18.8. The van der Waals surface area contributed by atoms with Crippen molar-refractivity contribution in [2.45, 2.75) is 19.8 Å². The lowest BCUT2D eigenvalue weighted by Crippen LogP contribution is -2.19. The molecule has 2 aromatic rings. The van der Waals surface area contributed by atoms with E-state index in [0.717, 1.165) is 12.1 Å². The molecule has 0 spiro atoms. The maximum absolute atomic E-state index is 13.2. The molecule has 18 heavy (non-hydrogen) atoms. The lowest BCUT2D eigenvalue weighted by atomic mass is 9.88. The minimum absolute atomic E-state index is 0.131. The Kier molecular flexibility index (Phi) is 2.51. The van der Waals surface area contributed by atoms with Crippen LogP contribution in [0.15, 0.2) is 30.5 Å². The van der Waals surface area contributed by atoms with Crippen molar-refractivity contribution in [3.05, 3.63) is 47.5 Å². The van der Waals surface area contributed by atoms with Gasteiger partial charge in [-0.15, -0.1) is 0 Å². The molecule has 0 amide bonds. The number of benzene rings is 1. The number of hydrogen-bond acceptors (Lipinski definition) is 2. The maximum atomic E-state index is 13.2. The molecule has 1 heterocycles. The number of halogens is 1. The Morgan fingerprint density at radius 3 is 3.00 bits per heavy atom. The molecule has 1 atom stereocenters. The summed E-state index contributed by atoms with van der Waals surface area (Å²) in [6, 6.07) is 6.26. The summed E-state index contributed by atoms with van der Waals surface area (Å²) in [6.45, 7) is 2.05. The molecule has 0 N–H and O–H groups in total. The minimum atomic E-state index is -0.299. The van der Waals surface area contributed by atoms with Crippen LogP contribution in [0, 0.1) is 11.7 Å². The highest BCUT2D eigenvalue weighted by molar-refractivity contribution is 5.98. The van der Waals surface area contributed by atoms with E-state index in [0.29, 0.717) is 23.6 Å². The summed E-state index contributed by atoms with van der Waals surface area (Å²) >= 11 is 0. The van der Waals surface area contributed by atoms with Crippen molar-refractivity contribution in [3.63, 3.8) is 0 Å². The second kappa shape index (κ2) is 4.05. The average molecular weight is 244 g/mol. The van der Waals surface area contributed by atoms with Gasteiger partial charge in [0.1, 0.15) is 5.82 Å². The lowest BCUT2D eigenvalue weighted by molar-refractivity contribution is 0.0952. The molecule has 0 fully saturated rings. The highest BCUT2D eigenvalue weighted by Crippen LogP contribution is 2.27. The second-order valence-electron chi connectivity index (χ2n) is 4.83. The fraction of sp³-hybridized carbons (Fsp3) is 0.286. The van der Waals surface area contributed by atoms with Crippen LogP contribution in [0.5, 0.6) is 0 Å². The number of fused-ring (bicyclic) bond motifs is 1. The Labute approximate surface area is 104 Å². The Hall–Kier alpha value is -1.97. The van der Waals surface area contributed by atoms with E-state index in [1.54, 1.807) is 23.0 Å². The molecule has 0 saturated carbocycles. The van der Waals surface area contributed by atoms with E-state index in [-0.39, 0.29) is 11.6 Å². The third-order valence-electron chi connectivity index (χ3n) is 3.30. The van der Waals surface area contributed by atoms with Crippen molar-refractivity contribution < 1.29 is 9.18 Å². The minimum Gasteiger partial charge on any atom is -0.294 e. The number of carbonyl (C=O) groups is 1. The van der Waals surface area contributed by atoms with E-state index in [1.165, 1.54) is 12.1 Å². The van der Waals surface area contributed by atoms with Crippen LogP contribution in [0.2, 0.25) is 0 Å². The molecular formula is C14H13FN2O. The van der Waals surface area contributed by atoms with Gasteiger partial charge in [0.05, 0.1) is 23.1 Å². The zero-order chi connectivity index (χ0) is 12.7. The molecule has 0 aliphatic heterocycles. The van der Waals surface area contributed by atoms with E-state index in [4.69, 9.17) is 0 Å². The molecule has 3 nitrogen and oxygen atoms in total. The smallest absolute Gasteiger partial charge is 0.166 e. The largest absolute Gasteiger partial charge is 0.294 e. The van der Waals surface area contributed by atoms with Crippen molar-refractivity contribution in [1.82, 2.24) is 9.78 Å². The molecule has 1 unspecified atom stereocenters. The average Bonchev–Trinajstić information content (AvgIpc) is 2.72. The van der Waals surface area contributed by atoms with Crippen LogP contribution >= 0.6 is 0 Å². The van der Waals surface area contributed by atoms with Gasteiger partial charge in [0.2, 0.25) is 0 Å². The molecule has 1 aromatic carbocycles. The van der Waals surface area contributed by atoms with Crippen LogP contribution in [-0.4, -0.2) is 15.6 Å². The summed E-state index contributed by atoms with van der Waals surface area (Å²) in [5, 5.41) is 4.22. The van der Waals surface area contributed by atoms with Gasteiger partial charge in [0.15, 0.2) is 5.78 Å². The van der Waals surface area contributed by atoms with E-state index < -0.39 is 0 Å². The Morgan fingerprint density at radius 2 is 2.22 bits per heavy atom. The number of nitrogens with zero attached hydrogens (tertiary/aromatic N) is 2. The summed E-state index contributed by atoms with van der Waals surface area (Å²) in [5.74, 6) is 0.146. The van der Waals surface area contributed by atoms with Gasteiger partial charge in [-0.3, -0.25) is 4.79 Å². The number of rotatable bonds is 1. The quantitative estimate of drug-likeness (QED) is 0.773. The molecule has 0 saturated heterocycles. The van der Waals surface area contributed by atoms with Gasteiger partial charge in [-0.25, -0.2) is 9.07 Å². The topological polar surface area (TPSA) is 34.9 Å². The van der Waals surface area contributed by atoms with E-state index in [9.17, 15) is 9.18 Å². The van der Waals surface area contributed by atoms with Crippen molar-refractivity contribution in [2.75, 3.05) is 0 Å². The summed E-state index contributed by atoms with van der Waals surface area (Å²) in [5.41, 5.74) is 2.24. The zero-order valence-electron chi connectivity index (χ0n) is 10.1. The Balaban J connectivity index is 2.12. The predicted molar refractivity (Wildman–Crippen MR) is 65.3 cm³/mol. The second-order valence-corrected chi connectivity index (χ2v) is 4.83. The number of ketones is 1. The first-order valence-corrected chi connectivity index (χ1v) is 6.01. The maximum Gasteiger partial charge on any atom is 0.166 e. The number of aromatic nitrogens is 2. The Morgan fingerprint density at radius 1 is 1.39 bits per heavy atom. The monoisotopic (exact) mass is 244 g/mol. The molecule has 4 heteroatoms. The number of hydrogen-bond donors (Lipinski definition) is 0. The molecule has 0 radical (unpaired) electrons. The van der Waals surface area contributed by atoms with Gasteiger partial charge in [-0.2, -0.15) is 5.10 Å². The van der Waals surface area contributed by atoms with E-state index >= 15 is 0 Å². The van der Waals surface area contributed by atoms with Gasteiger partial charge < -0.3 is 0 Å². The first kappa shape index (κ1) is 11.1. The van der Waals surface area contributed by atoms with E-state index in [2.05, 4.69) is 5.10 Å². The molecule has 3 rings (SSSR count). The van der Waals surface area contributed by atoms with Crippen molar-refractivity contribution in [3.8, 4) is 5.69 Å². The van der Waals surface area contributed by atoms with Gasteiger partial charge in [0, 0.05) is 6.42 Å². The molecule has 1 aromatic heterocycles. The lowest BCUT2D eigenvalue weighted by Gasteiger charge is -2.18. The SMILES string of the molecule is CC1CC(=O)c2cnn(-c3cccc(F)c3)c2C1. The summed E-state index contributed by atoms with van der Waals surface area (Å²) < 4.78 is 14.9. The number of carbonyl (C=O) groups excluding carboxylic acids is 1. The fourth-order valence-corrected chi connectivity index (χ4v) is 2.46. The van der Waals surface area contributed by atoms with Crippen molar-refractivity contribution in [2.24, 2.45) is 5.92 Å². The van der Waals surface area contributed by atoms with Crippen LogP contribution in [0.3, 0.4) is 0 Å². The van der Waals surface area contributed by atoms with Crippen LogP contribution in [0.25, 0.3) is 5.69 Å². The summed E-state index contributed by atoms with van der Waals surface area (Å²) in [7, 11) is 0. The molecule has 92 valence electrons. The van der Waals surface area contributed by atoms with Gasteiger partial charge >= 0.3 is 0 Å². The highest BCUT2D eigenvalue weighted by Gasteiger charge is 2.26. The van der Waals surface area contributed by atoms with Crippen LogP contribution in [0.1, 0.15) is 29.4 Å². The summed E-state index contributed by atoms with van der Waals surface area (Å²) in [6.07, 6.45) is 2.97. The molecule has 1 aliphatic carbocycles.